The molecule has 0 aliphatic heterocycles. The molecule has 0 heterocycles. The molecule has 1 aliphatic carbocycles. The fourth-order valence-electron chi connectivity index (χ4n) is 1.68. The van der Waals surface area contributed by atoms with E-state index in [0.29, 0.717) is 5.38 Å². The molecule has 0 amide bonds. The summed E-state index contributed by atoms with van der Waals surface area (Å²) in [5.41, 5.74) is 2.94. The van der Waals surface area contributed by atoms with E-state index in [9.17, 15) is 0 Å². The number of rotatable bonds is 0. The van der Waals surface area contributed by atoms with Crippen LogP contribution in [-0.2, 0) is 12.8 Å². The fourth-order valence-corrected chi connectivity index (χ4v) is 2.51. The lowest BCUT2D eigenvalue weighted by Crippen LogP contribution is -2.13. The first-order chi connectivity index (χ1) is 5.75. The highest BCUT2D eigenvalue weighted by atomic mass is 127. The van der Waals surface area contributed by atoms with Crippen molar-refractivity contribution in [3.05, 3.63) is 32.9 Å². The highest BCUT2D eigenvalue weighted by Gasteiger charge is 2.15. The molecule has 1 aromatic rings. The third-order valence-electron chi connectivity index (χ3n) is 2.34. The topological polar surface area (TPSA) is 0 Å². The third-order valence-corrected chi connectivity index (χ3v) is 3.38. The van der Waals surface area contributed by atoms with E-state index in [2.05, 4.69) is 40.8 Å². The molecule has 0 radical (unpaired) electrons. The van der Waals surface area contributed by atoms with Crippen molar-refractivity contribution in [1.29, 1.82) is 0 Å². The van der Waals surface area contributed by atoms with E-state index in [1.54, 1.807) is 0 Å². The maximum Gasteiger partial charge on any atom is 0.0379 e. The van der Waals surface area contributed by atoms with Crippen LogP contribution in [0.15, 0.2) is 18.2 Å². The largest absolute Gasteiger partial charge is 0.123 e. The lowest BCUT2D eigenvalue weighted by molar-refractivity contribution is 0.694. The van der Waals surface area contributed by atoms with Gasteiger partial charge >= 0.3 is 0 Å². The minimum absolute atomic E-state index is 0.359. The molecule has 1 aliphatic rings. The molecule has 0 bridgehead atoms. The molecule has 12 heavy (non-hydrogen) atoms. The lowest BCUT2D eigenvalue weighted by Gasteiger charge is -2.19. The number of benzene rings is 1. The van der Waals surface area contributed by atoms with Gasteiger partial charge < -0.3 is 0 Å². The molecule has 2 rings (SSSR count). The van der Waals surface area contributed by atoms with Gasteiger partial charge in [-0.3, -0.25) is 0 Å². The summed E-state index contributed by atoms with van der Waals surface area (Å²) in [5, 5.41) is 0.359. The van der Waals surface area contributed by atoms with Crippen LogP contribution >= 0.6 is 34.2 Å². The summed E-state index contributed by atoms with van der Waals surface area (Å²) in [6.45, 7) is 0. The Morgan fingerprint density at radius 3 is 3.00 bits per heavy atom. The standard InChI is InChI=1S/C10H10ClI/c11-9-3-1-8-6-10(12)4-2-7(8)5-9/h2,4,6,9H,1,3,5H2. The molecule has 1 aromatic carbocycles. The van der Waals surface area contributed by atoms with Crippen molar-refractivity contribution in [3.8, 4) is 0 Å². The molecule has 1 unspecified atom stereocenters. The SMILES string of the molecule is ClC1CCc2cc(I)ccc2C1. The number of hydrogen-bond donors (Lipinski definition) is 0. The molecule has 0 aromatic heterocycles. The van der Waals surface area contributed by atoms with Gasteiger partial charge in [-0.15, -0.1) is 11.6 Å². The first kappa shape index (κ1) is 8.82. The van der Waals surface area contributed by atoms with Crippen LogP contribution in [-0.4, -0.2) is 5.38 Å². The van der Waals surface area contributed by atoms with E-state index in [0.717, 1.165) is 19.3 Å². The van der Waals surface area contributed by atoms with Crippen LogP contribution in [0.25, 0.3) is 0 Å². The van der Waals surface area contributed by atoms with E-state index in [4.69, 9.17) is 11.6 Å². The molecule has 0 N–H and O–H groups in total. The molecule has 0 spiro atoms. The second-order valence-corrected chi connectivity index (χ2v) is 5.12. The van der Waals surface area contributed by atoms with Gasteiger partial charge in [0.1, 0.15) is 0 Å². The highest BCUT2D eigenvalue weighted by Crippen LogP contribution is 2.25. The van der Waals surface area contributed by atoms with Crippen LogP contribution < -0.4 is 0 Å². The maximum atomic E-state index is 6.08. The minimum Gasteiger partial charge on any atom is -0.123 e. The number of hydrogen-bond acceptors (Lipinski definition) is 0. The second-order valence-electron chi connectivity index (χ2n) is 3.25. The van der Waals surface area contributed by atoms with Gasteiger partial charge in [-0.2, -0.15) is 0 Å². The summed E-state index contributed by atoms with van der Waals surface area (Å²) in [6.07, 6.45) is 3.34. The quantitative estimate of drug-likeness (QED) is 0.508. The molecule has 2 heteroatoms. The van der Waals surface area contributed by atoms with Crippen LogP contribution in [0.4, 0.5) is 0 Å². The maximum absolute atomic E-state index is 6.08. The van der Waals surface area contributed by atoms with Gasteiger partial charge in [-0.25, -0.2) is 0 Å². The predicted octanol–water partition coefficient (Wildman–Crippen LogP) is 3.39. The molecule has 0 saturated heterocycles. The predicted molar refractivity (Wildman–Crippen MR) is 60.8 cm³/mol. The monoisotopic (exact) mass is 292 g/mol. The van der Waals surface area contributed by atoms with Gasteiger partial charge in [0, 0.05) is 8.95 Å². The zero-order valence-electron chi connectivity index (χ0n) is 6.69. The Hall–Kier alpha value is 0.240. The fraction of sp³-hybridized carbons (Fsp3) is 0.400. The van der Waals surface area contributed by atoms with Crippen molar-refractivity contribution in [2.45, 2.75) is 24.6 Å². The molecule has 1 atom stereocenters. The number of fused-ring (bicyclic) bond motifs is 1. The zero-order chi connectivity index (χ0) is 8.55. The van der Waals surface area contributed by atoms with Crippen molar-refractivity contribution in [2.75, 3.05) is 0 Å². The Labute approximate surface area is 91.5 Å². The van der Waals surface area contributed by atoms with Crippen molar-refractivity contribution < 1.29 is 0 Å². The van der Waals surface area contributed by atoms with Crippen molar-refractivity contribution >= 4 is 34.2 Å². The summed E-state index contributed by atoms with van der Waals surface area (Å²) in [6, 6.07) is 6.65. The Bertz CT molecular complexity index is 296. The van der Waals surface area contributed by atoms with Crippen molar-refractivity contribution in [1.82, 2.24) is 0 Å². The Kier molecular flexibility index (Phi) is 2.60. The lowest BCUT2D eigenvalue weighted by atomic mass is 9.92. The molecule has 0 saturated carbocycles. The van der Waals surface area contributed by atoms with Gasteiger partial charge in [-0.05, 0) is 65.1 Å². The third kappa shape index (κ3) is 1.77. The smallest absolute Gasteiger partial charge is 0.0379 e. The highest BCUT2D eigenvalue weighted by molar-refractivity contribution is 14.1. The van der Waals surface area contributed by atoms with Gasteiger partial charge in [0.15, 0.2) is 0 Å². The minimum atomic E-state index is 0.359. The first-order valence-corrected chi connectivity index (χ1v) is 5.68. The van der Waals surface area contributed by atoms with Gasteiger partial charge in [0.2, 0.25) is 0 Å². The number of aryl methyl sites for hydroxylation is 1. The van der Waals surface area contributed by atoms with Crippen molar-refractivity contribution in [3.63, 3.8) is 0 Å². The Balaban J connectivity index is 2.37. The summed E-state index contributed by atoms with van der Waals surface area (Å²) < 4.78 is 1.33. The molecule has 0 nitrogen and oxygen atoms in total. The van der Waals surface area contributed by atoms with Crippen molar-refractivity contribution in [2.24, 2.45) is 0 Å². The van der Waals surface area contributed by atoms with Crippen LogP contribution in [0.1, 0.15) is 17.5 Å². The van der Waals surface area contributed by atoms with E-state index in [1.807, 2.05) is 0 Å². The van der Waals surface area contributed by atoms with E-state index < -0.39 is 0 Å². The van der Waals surface area contributed by atoms with Crippen LogP contribution in [0, 0.1) is 3.57 Å². The van der Waals surface area contributed by atoms with Crippen LogP contribution in [0.5, 0.6) is 0 Å². The molecular weight excluding hydrogens is 282 g/mol. The average Bonchev–Trinajstić information content (AvgIpc) is 2.05. The molecule has 0 fully saturated rings. The summed E-state index contributed by atoms with van der Waals surface area (Å²) in [4.78, 5) is 0. The second kappa shape index (κ2) is 3.54. The van der Waals surface area contributed by atoms with Gasteiger partial charge in [-0.1, -0.05) is 6.07 Å². The average molecular weight is 293 g/mol. The van der Waals surface area contributed by atoms with Gasteiger partial charge in [0.25, 0.3) is 0 Å². The van der Waals surface area contributed by atoms with Crippen LogP contribution in [0.2, 0.25) is 0 Å². The first-order valence-electron chi connectivity index (χ1n) is 4.17. The molecule has 64 valence electrons. The number of alkyl halides is 1. The summed E-state index contributed by atoms with van der Waals surface area (Å²) in [5.74, 6) is 0. The Morgan fingerprint density at radius 2 is 2.17 bits per heavy atom. The molecular formula is C10H10ClI. The van der Waals surface area contributed by atoms with Crippen LogP contribution in [0.3, 0.4) is 0 Å². The normalized spacial score (nSPS) is 22.0. The summed E-state index contributed by atoms with van der Waals surface area (Å²) in [7, 11) is 0. The zero-order valence-corrected chi connectivity index (χ0v) is 9.60. The Morgan fingerprint density at radius 1 is 1.33 bits per heavy atom. The van der Waals surface area contributed by atoms with Gasteiger partial charge in [0.05, 0.1) is 0 Å². The van der Waals surface area contributed by atoms with E-state index >= 15 is 0 Å². The summed E-state index contributed by atoms with van der Waals surface area (Å²) >= 11 is 8.44. The van der Waals surface area contributed by atoms with E-state index in [1.165, 1.54) is 14.7 Å². The van der Waals surface area contributed by atoms with E-state index in [-0.39, 0.29) is 0 Å². The number of halogens is 2.